The highest BCUT2D eigenvalue weighted by molar-refractivity contribution is 5.97. The van der Waals surface area contributed by atoms with Crippen molar-refractivity contribution in [2.24, 2.45) is 5.41 Å². The van der Waals surface area contributed by atoms with Crippen molar-refractivity contribution in [3.63, 3.8) is 0 Å². The number of rotatable bonds is 5. The van der Waals surface area contributed by atoms with Crippen LogP contribution in [0.1, 0.15) is 49.9 Å². The second-order valence-electron chi connectivity index (χ2n) is 8.58. The molecule has 0 radical (unpaired) electrons. The first kappa shape index (κ1) is 19.2. The molecule has 0 spiro atoms. The van der Waals surface area contributed by atoms with Crippen molar-refractivity contribution in [1.29, 1.82) is 0 Å². The van der Waals surface area contributed by atoms with Gasteiger partial charge in [-0.2, -0.15) is 0 Å². The molecule has 0 saturated heterocycles. The number of aryl methyl sites for hydroxylation is 2. The van der Waals surface area contributed by atoms with Crippen molar-refractivity contribution in [3.05, 3.63) is 89.6 Å². The lowest BCUT2D eigenvalue weighted by Gasteiger charge is -2.22. The van der Waals surface area contributed by atoms with Gasteiger partial charge in [0.25, 0.3) is 0 Å². The van der Waals surface area contributed by atoms with Crippen LogP contribution in [-0.4, -0.2) is 4.57 Å². The lowest BCUT2D eigenvalue weighted by Crippen LogP contribution is -2.13. The summed E-state index contributed by atoms with van der Waals surface area (Å²) in [5.74, 6) is 0. The van der Waals surface area contributed by atoms with E-state index in [1.54, 1.807) is 0 Å². The molecule has 1 heterocycles. The predicted molar refractivity (Wildman–Crippen MR) is 119 cm³/mol. The molecule has 27 heavy (non-hydrogen) atoms. The van der Waals surface area contributed by atoms with Crippen LogP contribution in [0.25, 0.3) is 16.5 Å². The van der Waals surface area contributed by atoms with Crippen LogP contribution in [0.4, 0.5) is 0 Å². The molecule has 0 fully saturated rings. The van der Waals surface area contributed by atoms with Gasteiger partial charge in [-0.05, 0) is 41.5 Å². The van der Waals surface area contributed by atoms with Crippen molar-refractivity contribution in [2.45, 2.75) is 47.6 Å². The summed E-state index contributed by atoms with van der Waals surface area (Å²) in [6, 6.07) is 15.4. The highest BCUT2D eigenvalue weighted by atomic mass is 15.0. The minimum absolute atomic E-state index is 0.0900. The average Bonchev–Trinajstić information content (AvgIpc) is 2.98. The molecule has 2 aromatic carbocycles. The Morgan fingerprint density at radius 1 is 1.04 bits per heavy atom. The third kappa shape index (κ3) is 3.93. The predicted octanol–water partition coefficient (Wildman–Crippen LogP) is 7.18. The van der Waals surface area contributed by atoms with E-state index in [-0.39, 0.29) is 5.41 Å². The molecule has 3 rings (SSSR count). The number of nitrogens with zero attached hydrogens (tertiary/aromatic N) is 1. The standard InChI is InChI=1S/C26H31N/c1-8-21-12-13-23-24(20(4)22-11-9-10-18(2)14-22)17-27(25(23)15-21)16-19(3)26(5,6)7/h9-15,17H,3-4,8,16H2,1-2,5-7H3. The first-order chi connectivity index (χ1) is 12.7. The van der Waals surface area contributed by atoms with Crippen molar-refractivity contribution in [1.82, 2.24) is 4.57 Å². The number of allylic oxidation sites excluding steroid dienone is 1. The fourth-order valence-corrected chi connectivity index (χ4v) is 3.36. The Morgan fingerprint density at radius 3 is 2.41 bits per heavy atom. The van der Waals surface area contributed by atoms with Crippen LogP contribution in [0.3, 0.4) is 0 Å². The van der Waals surface area contributed by atoms with E-state index in [1.807, 2.05) is 0 Å². The minimum atomic E-state index is 0.0900. The molecule has 1 nitrogen and oxygen atoms in total. The van der Waals surface area contributed by atoms with Crippen LogP contribution in [0.5, 0.6) is 0 Å². The molecule has 0 atom stereocenters. The summed E-state index contributed by atoms with van der Waals surface area (Å²) < 4.78 is 2.35. The third-order valence-electron chi connectivity index (χ3n) is 5.47. The van der Waals surface area contributed by atoms with Gasteiger partial charge in [0, 0.05) is 29.2 Å². The summed E-state index contributed by atoms with van der Waals surface area (Å²) in [5, 5.41) is 1.26. The molecular weight excluding hydrogens is 326 g/mol. The fraction of sp³-hybridized carbons (Fsp3) is 0.308. The second kappa shape index (κ2) is 7.23. The Kier molecular flexibility index (Phi) is 5.15. The van der Waals surface area contributed by atoms with Crippen molar-refractivity contribution in [2.75, 3.05) is 0 Å². The van der Waals surface area contributed by atoms with E-state index in [9.17, 15) is 0 Å². The highest BCUT2D eigenvalue weighted by Crippen LogP contribution is 2.33. The van der Waals surface area contributed by atoms with E-state index < -0.39 is 0 Å². The van der Waals surface area contributed by atoms with E-state index in [0.29, 0.717) is 0 Å². The molecular formula is C26H31N. The molecule has 0 aliphatic carbocycles. The highest BCUT2D eigenvalue weighted by Gasteiger charge is 2.18. The molecule has 0 bridgehead atoms. The Bertz CT molecular complexity index is 1010. The zero-order valence-corrected chi connectivity index (χ0v) is 17.4. The van der Waals surface area contributed by atoms with Gasteiger partial charge in [0.2, 0.25) is 0 Å². The van der Waals surface area contributed by atoms with Crippen molar-refractivity contribution in [3.8, 4) is 0 Å². The van der Waals surface area contributed by atoms with Crippen molar-refractivity contribution >= 4 is 16.5 Å². The Balaban J connectivity index is 2.13. The van der Waals surface area contributed by atoms with E-state index >= 15 is 0 Å². The molecule has 0 aliphatic rings. The van der Waals surface area contributed by atoms with Crippen molar-refractivity contribution < 1.29 is 0 Å². The SMILES string of the molecule is C=C(c1cccc(C)c1)c1cn(CC(=C)C(C)(C)C)c2cc(CC)ccc12. The molecule has 0 saturated carbocycles. The Labute approximate surface area is 164 Å². The lowest BCUT2D eigenvalue weighted by molar-refractivity contribution is 0.474. The molecule has 140 valence electrons. The normalized spacial score (nSPS) is 11.7. The summed E-state index contributed by atoms with van der Waals surface area (Å²) in [4.78, 5) is 0. The van der Waals surface area contributed by atoms with Crippen LogP contribution in [0, 0.1) is 12.3 Å². The van der Waals surface area contributed by atoms with Gasteiger partial charge in [0.05, 0.1) is 0 Å². The number of fused-ring (bicyclic) bond motifs is 1. The Morgan fingerprint density at radius 2 is 1.78 bits per heavy atom. The second-order valence-corrected chi connectivity index (χ2v) is 8.58. The van der Waals surface area contributed by atoms with Crippen LogP contribution in [-0.2, 0) is 13.0 Å². The maximum Gasteiger partial charge on any atom is 0.0492 e. The molecule has 0 aliphatic heterocycles. The van der Waals surface area contributed by atoms with E-state index in [2.05, 4.69) is 101 Å². The average molecular weight is 358 g/mol. The molecule has 1 aromatic heterocycles. The van der Waals surface area contributed by atoms with E-state index in [1.165, 1.54) is 38.7 Å². The maximum absolute atomic E-state index is 4.43. The smallest absolute Gasteiger partial charge is 0.0492 e. The number of benzene rings is 2. The van der Waals surface area contributed by atoms with Crippen LogP contribution >= 0.6 is 0 Å². The van der Waals surface area contributed by atoms with E-state index in [0.717, 1.165) is 18.5 Å². The first-order valence-electron chi connectivity index (χ1n) is 9.77. The monoisotopic (exact) mass is 357 g/mol. The van der Waals surface area contributed by atoms with Gasteiger partial charge in [-0.25, -0.2) is 0 Å². The van der Waals surface area contributed by atoms with Gasteiger partial charge < -0.3 is 4.57 Å². The summed E-state index contributed by atoms with van der Waals surface area (Å²) in [5.41, 5.74) is 8.67. The number of aromatic nitrogens is 1. The van der Waals surface area contributed by atoms with Gasteiger partial charge in [-0.3, -0.25) is 0 Å². The zero-order chi connectivity index (χ0) is 19.8. The number of hydrogen-bond donors (Lipinski definition) is 0. The third-order valence-corrected chi connectivity index (χ3v) is 5.47. The summed E-state index contributed by atoms with van der Waals surface area (Å²) in [6.45, 7) is 20.6. The zero-order valence-electron chi connectivity index (χ0n) is 17.4. The van der Waals surface area contributed by atoms with Crippen LogP contribution in [0.15, 0.2) is 67.4 Å². The molecule has 0 unspecified atom stereocenters. The minimum Gasteiger partial charge on any atom is -0.343 e. The van der Waals surface area contributed by atoms with Gasteiger partial charge in [0.1, 0.15) is 0 Å². The van der Waals surface area contributed by atoms with Gasteiger partial charge >= 0.3 is 0 Å². The van der Waals surface area contributed by atoms with Gasteiger partial charge in [-0.1, -0.05) is 88.4 Å². The molecule has 1 heteroatoms. The summed E-state index contributed by atoms with van der Waals surface area (Å²) in [7, 11) is 0. The van der Waals surface area contributed by atoms with Gasteiger partial charge in [0.15, 0.2) is 0 Å². The quantitative estimate of drug-likeness (QED) is 0.426. The van der Waals surface area contributed by atoms with Crippen LogP contribution in [0.2, 0.25) is 0 Å². The van der Waals surface area contributed by atoms with Gasteiger partial charge in [-0.15, -0.1) is 0 Å². The first-order valence-corrected chi connectivity index (χ1v) is 9.77. The van der Waals surface area contributed by atoms with E-state index in [4.69, 9.17) is 0 Å². The largest absolute Gasteiger partial charge is 0.343 e. The molecule has 0 N–H and O–H groups in total. The Hall–Kier alpha value is -2.54. The maximum atomic E-state index is 4.43. The summed E-state index contributed by atoms with van der Waals surface area (Å²) >= 11 is 0. The topological polar surface area (TPSA) is 4.93 Å². The molecule has 3 aromatic rings. The van der Waals surface area contributed by atoms with Crippen LogP contribution < -0.4 is 0 Å². The molecule has 0 amide bonds. The fourth-order valence-electron chi connectivity index (χ4n) is 3.36. The number of hydrogen-bond acceptors (Lipinski definition) is 0. The lowest BCUT2D eigenvalue weighted by atomic mass is 9.87. The summed E-state index contributed by atoms with van der Waals surface area (Å²) in [6.07, 6.45) is 3.29.